The first-order chi connectivity index (χ1) is 10.8. The molecule has 0 aliphatic rings. The number of carbonyl (C=O) groups is 2. The summed E-state index contributed by atoms with van der Waals surface area (Å²) >= 11 is 1.16. The van der Waals surface area contributed by atoms with E-state index in [0.717, 1.165) is 23.5 Å². The molecular weight excluding hydrogens is 331 g/mol. The van der Waals surface area contributed by atoms with Crippen LogP contribution in [0.4, 0.5) is 18.9 Å². The number of esters is 1. The molecular formula is C15H12F3NO3S. The molecule has 0 aliphatic heterocycles. The number of anilines is 1. The van der Waals surface area contributed by atoms with Crippen LogP contribution in [-0.4, -0.2) is 18.0 Å². The van der Waals surface area contributed by atoms with Crippen LogP contribution in [0.1, 0.15) is 22.2 Å². The van der Waals surface area contributed by atoms with Crippen LogP contribution >= 0.6 is 11.3 Å². The molecule has 1 aromatic carbocycles. The molecule has 0 aliphatic carbocycles. The molecule has 1 aromatic heterocycles. The second kappa shape index (κ2) is 6.82. The fraction of sp³-hybridized carbons (Fsp3) is 0.200. The molecule has 1 amide bonds. The fourth-order valence-electron chi connectivity index (χ4n) is 1.68. The Hall–Kier alpha value is -2.35. The summed E-state index contributed by atoms with van der Waals surface area (Å²) in [6.45, 7) is 1.34. The van der Waals surface area contributed by atoms with Gasteiger partial charge < -0.3 is 10.1 Å². The normalized spacial score (nSPS) is 12.5. The first kappa shape index (κ1) is 17.0. The van der Waals surface area contributed by atoms with Gasteiger partial charge in [0.2, 0.25) is 0 Å². The van der Waals surface area contributed by atoms with Crippen molar-refractivity contribution < 1.29 is 27.5 Å². The summed E-state index contributed by atoms with van der Waals surface area (Å²) in [7, 11) is 0. The minimum atomic E-state index is -4.50. The van der Waals surface area contributed by atoms with Gasteiger partial charge in [-0.05, 0) is 36.6 Å². The first-order valence-corrected chi connectivity index (χ1v) is 7.38. The average Bonchev–Trinajstić information content (AvgIpc) is 3.00. The number of halogens is 3. The second-order valence-corrected chi connectivity index (χ2v) is 5.54. The van der Waals surface area contributed by atoms with Gasteiger partial charge in [-0.1, -0.05) is 12.1 Å². The zero-order chi connectivity index (χ0) is 17.0. The van der Waals surface area contributed by atoms with E-state index in [2.05, 4.69) is 5.32 Å². The predicted octanol–water partition coefficient (Wildman–Crippen LogP) is 3.95. The van der Waals surface area contributed by atoms with Gasteiger partial charge in [0.15, 0.2) is 6.10 Å². The number of nitrogens with one attached hydrogen (secondary N) is 1. The van der Waals surface area contributed by atoms with Crippen molar-refractivity contribution in [1.82, 2.24) is 0 Å². The molecule has 1 atom stereocenters. The smallest absolute Gasteiger partial charge is 0.416 e. The monoisotopic (exact) mass is 343 g/mol. The molecule has 0 saturated heterocycles. The molecule has 1 N–H and O–H groups in total. The molecule has 0 bridgehead atoms. The minimum Gasteiger partial charge on any atom is -0.448 e. The Kier molecular flexibility index (Phi) is 5.05. The number of hydrogen-bond donors (Lipinski definition) is 1. The molecule has 0 fully saturated rings. The summed E-state index contributed by atoms with van der Waals surface area (Å²) in [6.07, 6.45) is -5.64. The molecule has 4 nitrogen and oxygen atoms in total. The van der Waals surface area contributed by atoms with Crippen LogP contribution in [0.2, 0.25) is 0 Å². The van der Waals surface area contributed by atoms with Crippen molar-refractivity contribution in [2.24, 2.45) is 0 Å². The number of amides is 1. The summed E-state index contributed by atoms with van der Waals surface area (Å²) in [5, 5.41) is 3.98. The lowest BCUT2D eigenvalue weighted by Gasteiger charge is -2.14. The van der Waals surface area contributed by atoms with Gasteiger partial charge in [0, 0.05) is 5.69 Å². The van der Waals surface area contributed by atoms with Crippen molar-refractivity contribution in [3.8, 4) is 0 Å². The van der Waals surface area contributed by atoms with Gasteiger partial charge in [-0.3, -0.25) is 4.79 Å². The number of carbonyl (C=O) groups excluding carboxylic acids is 2. The largest absolute Gasteiger partial charge is 0.448 e. The molecule has 23 heavy (non-hydrogen) atoms. The van der Waals surface area contributed by atoms with Crippen molar-refractivity contribution in [2.45, 2.75) is 19.2 Å². The van der Waals surface area contributed by atoms with Gasteiger partial charge in [0.1, 0.15) is 4.88 Å². The highest BCUT2D eigenvalue weighted by Crippen LogP contribution is 2.30. The quantitative estimate of drug-likeness (QED) is 0.855. The summed E-state index contributed by atoms with van der Waals surface area (Å²) in [6, 6.07) is 7.42. The maximum atomic E-state index is 12.6. The van der Waals surface area contributed by atoms with E-state index in [4.69, 9.17) is 4.74 Å². The minimum absolute atomic E-state index is 0.0242. The Balaban J connectivity index is 2.00. The molecule has 0 radical (unpaired) electrons. The topological polar surface area (TPSA) is 55.4 Å². The number of benzene rings is 1. The van der Waals surface area contributed by atoms with Crippen LogP contribution in [0, 0.1) is 0 Å². The highest BCUT2D eigenvalue weighted by atomic mass is 32.1. The molecule has 1 heterocycles. The third-order valence-corrected chi connectivity index (χ3v) is 3.68. The van der Waals surface area contributed by atoms with E-state index in [-0.39, 0.29) is 5.69 Å². The van der Waals surface area contributed by atoms with Gasteiger partial charge in [-0.15, -0.1) is 11.3 Å². The molecule has 0 spiro atoms. The van der Waals surface area contributed by atoms with Gasteiger partial charge in [0.05, 0.1) is 5.56 Å². The van der Waals surface area contributed by atoms with E-state index in [9.17, 15) is 22.8 Å². The van der Waals surface area contributed by atoms with E-state index < -0.39 is 29.7 Å². The predicted molar refractivity (Wildman–Crippen MR) is 79.3 cm³/mol. The Morgan fingerprint density at radius 1 is 1.22 bits per heavy atom. The van der Waals surface area contributed by atoms with Crippen LogP contribution in [-0.2, 0) is 15.7 Å². The molecule has 122 valence electrons. The van der Waals surface area contributed by atoms with Crippen molar-refractivity contribution >= 4 is 28.9 Å². The van der Waals surface area contributed by atoms with Gasteiger partial charge >= 0.3 is 12.1 Å². The van der Waals surface area contributed by atoms with Crippen molar-refractivity contribution in [3.63, 3.8) is 0 Å². The summed E-state index contributed by atoms with van der Waals surface area (Å²) < 4.78 is 42.8. The van der Waals surface area contributed by atoms with E-state index in [1.807, 2.05) is 0 Å². The maximum Gasteiger partial charge on any atom is 0.416 e. The summed E-state index contributed by atoms with van der Waals surface area (Å²) in [4.78, 5) is 24.0. The zero-order valence-corrected chi connectivity index (χ0v) is 12.7. The van der Waals surface area contributed by atoms with E-state index in [0.29, 0.717) is 4.88 Å². The first-order valence-electron chi connectivity index (χ1n) is 6.50. The maximum absolute atomic E-state index is 12.6. The lowest BCUT2D eigenvalue weighted by atomic mass is 10.2. The van der Waals surface area contributed by atoms with Crippen LogP contribution in [0.25, 0.3) is 0 Å². The standard InChI is InChI=1S/C15H12F3NO3S/c1-9(22-14(21)12-6-3-7-23-12)13(20)19-11-5-2-4-10(8-11)15(16,17)18/h2-9H,1H3,(H,19,20)/t9-/m1/s1. The molecule has 2 aromatic rings. The second-order valence-electron chi connectivity index (χ2n) is 4.59. The highest BCUT2D eigenvalue weighted by molar-refractivity contribution is 7.11. The fourth-order valence-corrected chi connectivity index (χ4v) is 2.29. The zero-order valence-electron chi connectivity index (χ0n) is 11.9. The number of ether oxygens (including phenoxy) is 1. The summed E-state index contributed by atoms with van der Waals surface area (Å²) in [5.41, 5.74) is -0.901. The van der Waals surface area contributed by atoms with Gasteiger partial charge in [-0.25, -0.2) is 4.79 Å². The average molecular weight is 343 g/mol. The Morgan fingerprint density at radius 3 is 2.57 bits per heavy atom. The highest BCUT2D eigenvalue weighted by Gasteiger charge is 2.30. The van der Waals surface area contributed by atoms with Gasteiger partial charge in [0.25, 0.3) is 5.91 Å². The third kappa shape index (κ3) is 4.56. The van der Waals surface area contributed by atoms with Crippen molar-refractivity contribution in [2.75, 3.05) is 5.32 Å². The van der Waals surface area contributed by atoms with E-state index >= 15 is 0 Å². The third-order valence-electron chi connectivity index (χ3n) is 2.83. The molecule has 8 heteroatoms. The lowest BCUT2D eigenvalue weighted by molar-refractivity contribution is -0.137. The van der Waals surface area contributed by atoms with Gasteiger partial charge in [-0.2, -0.15) is 13.2 Å². The number of alkyl halides is 3. The lowest BCUT2D eigenvalue weighted by Crippen LogP contribution is -2.29. The van der Waals surface area contributed by atoms with Crippen LogP contribution < -0.4 is 5.32 Å². The van der Waals surface area contributed by atoms with Crippen molar-refractivity contribution in [3.05, 3.63) is 52.2 Å². The number of thiophene rings is 1. The van der Waals surface area contributed by atoms with Crippen LogP contribution in [0.15, 0.2) is 41.8 Å². The van der Waals surface area contributed by atoms with E-state index in [1.54, 1.807) is 17.5 Å². The molecule has 0 unspecified atom stereocenters. The van der Waals surface area contributed by atoms with Crippen LogP contribution in [0.3, 0.4) is 0 Å². The number of rotatable bonds is 4. The Labute approximate surface area is 133 Å². The Bertz CT molecular complexity index is 698. The summed E-state index contributed by atoms with van der Waals surface area (Å²) in [5.74, 6) is -1.37. The molecule has 2 rings (SSSR count). The van der Waals surface area contributed by atoms with E-state index in [1.165, 1.54) is 19.1 Å². The van der Waals surface area contributed by atoms with Crippen molar-refractivity contribution in [1.29, 1.82) is 0 Å². The SMILES string of the molecule is C[C@@H](OC(=O)c1cccs1)C(=O)Nc1cccc(C(F)(F)F)c1. The number of hydrogen-bond acceptors (Lipinski definition) is 4. The van der Waals surface area contributed by atoms with Crippen LogP contribution in [0.5, 0.6) is 0 Å². The Morgan fingerprint density at radius 2 is 1.96 bits per heavy atom. The molecule has 0 saturated carbocycles.